The summed E-state index contributed by atoms with van der Waals surface area (Å²) in [6.07, 6.45) is 1.53. The van der Waals surface area contributed by atoms with Crippen molar-refractivity contribution in [3.63, 3.8) is 0 Å². The van der Waals surface area contributed by atoms with Gasteiger partial charge in [0.05, 0.1) is 19.9 Å². The highest BCUT2D eigenvalue weighted by Gasteiger charge is 2.13. The van der Waals surface area contributed by atoms with Gasteiger partial charge in [-0.05, 0) is 29.1 Å². The Hall–Kier alpha value is -3.06. The predicted molar refractivity (Wildman–Crippen MR) is 104 cm³/mol. The first-order valence-electron chi connectivity index (χ1n) is 8.34. The second-order valence-corrected chi connectivity index (χ2v) is 6.93. The maximum Gasteiger partial charge on any atom is 0.268 e. The van der Waals surface area contributed by atoms with Crippen LogP contribution in [0.1, 0.15) is 20.9 Å². The summed E-state index contributed by atoms with van der Waals surface area (Å²) >= 11 is 1.56. The number of methoxy groups -OCH3 is 1. The molecule has 0 fully saturated rings. The number of hydrogen-bond donors (Lipinski definition) is 1. The van der Waals surface area contributed by atoms with Gasteiger partial charge in [-0.3, -0.25) is 9.59 Å². The molecule has 0 aliphatic carbocycles. The number of carbonyl (C=O) groups excluding carboxylic acids is 1. The van der Waals surface area contributed by atoms with Crippen LogP contribution in [0.25, 0.3) is 0 Å². The molecule has 0 aliphatic rings. The zero-order chi connectivity index (χ0) is 19.2. The van der Waals surface area contributed by atoms with Crippen molar-refractivity contribution in [1.82, 2.24) is 9.88 Å². The molecule has 0 radical (unpaired) electrons. The Kier molecular flexibility index (Phi) is 5.93. The molecule has 0 unspecified atom stereocenters. The van der Waals surface area contributed by atoms with Crippen molar-refractivity contribution in [2.24, 2.45) is 7.05 Å². The number of carbonyl (C=O) groups is 1. The lowest BCUT2D eigenvalue weighted by atomic mass is 10.2. The largest absolute Gasteiger partial charge is 0.497 e. The van der Waals surface area contributed by atoms with Gasteiger partial charge in [0.1, 0.15) is 18.1 Å². The van der Waals surface area contributed by atoms with E-state index in [4.69, 9.17) is 9.47 Å². The van der Waals surface area contributed by atoms with Crippen LogP contribution >= 0.6 is 11.3 Å². The molecule has 1 N–H and O–H groups in total. The van der Waals surface area contributed by atoms with Gasteiger partial charge in [-0.2, -0.15) is 0 Å². The van der Waals surface area contributed by atoms with Gasteiger partial charge >= 0.3 is 0 Å². The molecule has 0 saturated heterocycles. The Morgan fingerprint density at radius 3 is 2.81 bits per heavy atom. The first-order valence-corrected chi connectivity index (χ1v) is 9.22. The van der Waals surface area contributed by atoms with Gasteiger partial charge in [-0.15, -0.1) is 11.3 Å². The fraction of sp³-hybridized carbons (Fsp3) is 0.200. The molecule has 27 heavy (non-hydrogen) atoms. The number of aryl methyl sites for hydroxylation is 1. The molecule has 1 aromatic carbocycles. The molecule has 0 saturated carbocycles. The Morgan fingerprint density at radius 1 is 1.22 bits per heavy atom. The average molecular weight is 384 g/mol. The SMILES string of the molecule is COc1cccc(COc2cn(C)c(C(=O)NCc3cccs3)cc2=O)c1. The summed E-state index contributed by atoms with van der Waals surface area (Å²) in [6.45, 7) is 0.662. The highest BCUT2D eigenvalue weighted by molar-refractivity contribution is 7.09. The molecule has 3 aromatic rings. The Balaban J connectivity index is 1.68. The van der Waals surface area contributed by atoms with E-state index >= 15 is 0 Å². The third-order valence-corrected chi connectivity index (χ3v) is 4.84. The second kappa shape index (κ2) is 8.55. The zero-order valence-electron chi connectivity index (χ0n) is 15.1. The Labute approximate surface area is 161 Å². The van der Waals surface area contributed by atoms with E-state index in [2.05, 4.69) is 5.32 Å². The summed E-state index contributed by atoms with van der Waals surface area (Å²) < 4.78 is 12.4. The van der Waals surface area contributed by atoms with Gasteiger partial charge in [0.2, 0.25) is 5.43 Å². The molecule has 0 spiro atoms. The molecule has 3 rings (SSSR count). The summed E-state index contributed by atoms with van der Waals surface area (Å²) in [7, 11) is 3.30. The van der Waals surface area contributed by atoms with Crippen LogP contribution in [0.15, 0.2) is 58.8 Å². The predicted octanol–water partition coefficient (Wildman–Crippen LogP) is 2.96. The quantitative estimate of drug-likeness (QED) is 0.680. The number of nitrogens with one attached hydrogen (secondary N) is 1. The molecule has 2 heterocycles. The number of pyridine rings is 1. The van der Waals surface area contributed by atoms with Crippen LogP contribution < -0.4 is 20.2 Å². The summed E-state index contributed by atoms with van der Waals surface area (Å²) in [5.74, 6) is 0.610. The Bertz CT molecular complexity index is 980. The number of amides is 1. The number of hydrogen-bond acceptors (Lipinski definition) is 5. The van der Waals surface area contributed by atoms with E-state index in [0.29, 0.717) is 6.54 Å². The molecule has 0 bridgehead atoms. The van der Waals surface area contributed by atoms with Gasteiger partial charge in [-0.25, -0.2) is 0 Å². The summed E-state index contributed by atoms with van der Waals surface area (Å²) in [5.41, 5.74) is 0.830. The highest BCUT2D eigenvalue weighted by Crippen LogP contribution is 2.15. The average Bonchev–Trinajstić information content (AvgIpc) is 3.20. The van der Waals surface area contributed by atoms with Crippen molar-refractivity contribution in [2.45, 2.75) is 13.2 Å². The fourth-order valence-corrected chi connectivity index (χ4v) is 3.18. The van der Waals surface area contributed by atoms with E-state index < -0.39 is 0 Å². The van der Waals surface area contributed by atoms with E-state index in [1.165, 1.54) is 12.3 Å². The molecular formula is C20H20N2O4S. The normalized spacial score (nSPS) is 10.4. The summed E-state index contributed by atoms with van der Waals surface area (Å²) in [6, 6.07) is 12.6. The van der Waals surface area contributed by atoms with Crippen LogP contribution in [0.5, 0.6) is 11.5 Å². The third kappa shape index (κ3) is 4.77. The van der Waals surface area contributed by atoms with Crippen LogP contribution in [0.2, 0.25) is 0 Å². The number of benzene rings is 1. The van der Waals surface area contributed by atoms with E-state index in [9.17, 15) is 9.59 Å². The minimum Gasteiger partial charge on any atom is -0.497 e. The standard InChI is InChI=1S/C20H20N2O4S/c1-22-12-19(26-13-14-5-3-6-15(9-14)25-2)18(23)10-17(22)20(24)21-11-16-7-4-8-27-16/h3-10,12H,11,13H2,1-2H3,(H,21,24). The molecule has 7 heteroatoms. The fourth-order valence-electron chi connectivity index (χ4n) is 2.53. The summed E-state index contributed by atoms with van der Waals surface area (Å²) in [5, 5.41) is 4.77. The molecule has 0 atom stereocenters. The lowest BCUT2D eigenvalue weighted by Crippen LogP contribution is -2.27. The van der Waals surface area contributed by atoms with E-state index in [0.717, 1.165) is 16.2 Å². The van der Waals surface area contributed by atoms with Crippen molar-refractivity contribution in [3.8, 4) is 11.5 Å². The minimum absolute atomic E-state index is 0.190. The van der Waals surface area contributed by atoms with Gasteiger partial charge in [0, 0.05) is 18.0 Å². The van der Waals surface area contributed by atoms with Crippen LogP contribution in [0.3, 0.4) is 0 Å². The lowest BCUT2D eigenvalue weighted by molar-refractivity contribution is 0.0942. The van der Waals surface area contributed by atoms with E-state index in [1.807, 2.05) is 41.8 Å². The maximum absolute atomic E-state index is 12.4. The summed E-state index contributed by atoms with van der Waals surface area (Å²) in [4.78, 5) is 25.7. The first kappa shape index (κ1) is 18.7. The van der Waals surface area contributed by atoms with Gasteiger partial charge < -0.3 is 19.4 Å². The molecule has 2 aromatic heterocycles. The smallest absolute Gasteiger partial charge is 0.268 e. The highest BCUT2D eigenvalue weighted by atomic mass is 32.1. The lowest BCUT2D eigenvalue weighted by Gasteiger charge is -2.12. The number of rotatable bonds is 7. The van der Waals surface area contributed by atoms with Crippen molar-refractivity contribution < 1.29 is 14.3 Å². The number of thiophene rings is 1. The van der Waals surface area contributed by atoms with Gasteiger partial charge in [0.15, 0.2) is 5.75 Å². The van der Waals surface area contributed by atoms with Crippen molar-refractivity contribution in [1.29, 1.82) is 0 Å². The van der Waals surface area contributed by atoms with E-state index in [-0.39, 0.29) is 29.4 Å². The van der Waals surface area contributed by atoms with Gasteiger partial charge in [-0.1, -0.05) is 18.2 Å². The van der Waals surface area contributed by atoms with Crippen molar-refractivity contribution >= 4 is 17.2 Å². The van der Waals surface area contributed by atoms with Crippen LogP contribution in [-0.4, -0.2) is 17.6 Å². The van der Waals surface area contributed by atoms with Crippen molar-refractivity contribution in [3.05, 3.63) is 80.4 Å². The van der Waals surface area contributed by atoms with Gasteiger partial charge in [0.25, 0.3) is 5.91 Å². The molecule has 140 valence electrons. The second-order valence-electron chi connectivity index (χ2n) is 5.90. The molecule has 6 nitrogen and oxygen atoms in total. The van der Waals surface area contributed by atoms with Crippen LogP contribution in [0, 0.1) is 0 Å². The number of aromatic nitrogens is 1. The van der Waals surface area contributed by atoms with Crippen LogP contribution in [0.4, 0.5) is 0 Å². The zero-order valence-corrected chi connectivity index (χ0v) is 15.9. The monoisotopic (exact) mass is 384 g/mol. The van der Waals surface area contributed by atoms with Crippen molar-refractivity contribution in [2.75, 3.05) is 7.11 Å². The first-order chi connectivity index (χ1) is 13.1. The Morgan fingerprint density at radius 2 is 2.07 bits per heavy atom. The minimum atomic E-state index is -0.336. The topological polar surface area (TPSA) is 69.6 Å². The van der Waals surface area contributed by atoms with Crippen LogP contribution in [-0.2, 0) is 20.2 Å². The number of nitrogens with zero attached hydrogens (tertiary/aromatic N) is 1. The maximum atomic E-state index is 12.4. The molecular weight excluding hydrogens is 364 g/mol. The molecule has 1 amide bonds. The third-order valence-electron chi connectivity index (χ3n) is 3.97. The number of ether oxygens (including phenoxy) is 2. The molecule has 0 aliphatic heterocycles. The van der Waals surface area contributed by atoms with E-state index in [1.54, 1.807) is 30.1 Å².